The molecule has 0 N–H and O–H groups in total. The van der Waals surface area contributed by atoms with Gasteiger partial charge >= 0.3 is 5.97 Å². The summed E-state index contributed by atoms with van der Waals surface area (Å²) in [5.74, 6) is -1.31. The van der Waals surface area contributed by atoms with E-state index in [2.05, 4.69) is 0 Å². The van der Waals surface area contributed by atoms with E-state index in [-0.39, 0.29) is 31.2 Å². The molecule has 178 valence electrons. The second kappa shape index (κ2) is 10.5. The molecule has 4 rings (SSSR count). The molecule has 35 heavy (non-hydrogen) atoms. The summed E-state index contributed by atoms with van der Waals surface area (Å²) in [6.07, 6.45) is 0.0196. The standard InChI is InChI=1S/C27H23ClN2O5/c1-18-26(27(32)35-17-19-8-3-2-4-9-19)23(22-12-5-6-13-24(22)28)15-25(31)29(18)16-20-10-7-11-21(14-20)30(33)34/h2-14,23H,15-17H2,1H3. The van der Waals surface area contributed by atoms with Crippen molar-refractivity contribution >= 4 is 29.2 Å². The van der Waals surface area contributed by atoms with Crippen LogP contribution in [-0.4, -0.2) is 21.7 Å². The van der Waals surface area contributed by atoms with Crippen LogP contribution < -0.4 is 0 Å². The number of hydrogen-bond acceptors (Lipinski definition) is 5. The van der Waals surface area contributed by atoms with Crippen LogP contribution in [0.4, 0.5) is 5.69 Å². The molecule has 0 saturated carbocycles. The molecule has 1 amide bonds. The molecule has 0 radical (unpaired) electrons. The van der Waals surface area contributed by atoms with Crippen LogP contribution in [0.5, 0.6) is 0 Å². The summed E-state index contributed by atoms with van der Waals surface area (Å²) >= 11 is 6.45. The normalized spacial score (nSPS) is 15.8. The van der Waals surface area contributed by atoms with Crippen molar-refractivity contribution in [3.63, 3.8) is 0 Å². The zero-order valence-corrected chi connectivity index (χ0v) is 19.8. The third-order valence-electron chi connectivity index (χ3n) is 6.00. The van der Waals surface area contributed by atoms with Gasteiger partial charge in [0.2, 0.25) is 5.91 Å². The van der Waals surface area contributed by atoms with Gasteiger partial charge < -0.3 is 9.64 Å². The Morgan fingerprint density at radius 1 is 1.06 bits per heavy atom. The van der Waals surface area contributed by atoms with Gasteiger partial charge in [0.05, 0.1) is 17.0 Å². The maximum atomic E-state index is 13.4. The molecular formula is C27H23ClN2O5. The van der Waals surface area contributed by atoms with Crippen LogP contribution in [0, 0.1) is 10.1 Å². The number of allylic oxidation sites excluding steroid dienone is 1. The summed E-state index contributed by atoms with van der Waals surface area (Å²) in [6, 6.07) is 22.5. The molecule has 1 atom stereocenters. The number of benzene rings is 3. The molecule has 1 aliphatic heterocycles. The van der Waals surface area contributed by atoms with Gasteiger partial charge in [-0.25, -0.2) is 4.79 Å². The monoisotopic (exact) mass is 490 g/mol. The maximum absolute atomic E-state index is 13.4. The number of nitro benzene ring substituents is 1. The third-order valence-corrected chi connectivity index (χ3v) is 6.34. The Balaban J connectivity index is 1.70. The highest BCUT2D eigenvalue weighted by molar-refractivity contribution is 6.31. The Kier molecular flexibility index (Phi) is 7.27. The van der Waals surface area contributed by atoms with Gasteiger partial charge in [0.25, 0.3) is 5.69 Å². The lowest BCUT2D eigenvalue weighted by Crippen LogP contribution is -2.38. The van der Waals surface area contributed by atoms with E-state index in [1.807, 2.05) is 36.4 Å². The van der Waals surface area contributed by atoms with Gasteiger partial charge in [-0.3, -0.25) is 14.9 Å². The first kappa shape index (κ1) is 24.2. The SMILES string of the molecule is CC1=C(C(=O)OCc2ccccc2)C(c2ccccc2Cl)CC(=O)N1Cc1cccc([N+](=O)[O-])c1. The molecule has 1 aliphatic rings. The van der Waals surface area contributed by atoms with E-state index in [0.717, 1.165) is 5.56 Å². The maximum Gasteiger partial charge on any atom is 0.336 e. The van der Waals surface area contributed by atoms with Crippen molar-refractivity contribution in [3.8, 4) is 0 Å². The van der Waals surface area contributed by atoms with Gasteiger partial charge in [0.1, 0.15) is 6.61 Å². The Labute approximate surface area is 207 Å². The lowest BCUT2D eigenvalue weighted by Gasteiger charge is -2.34. The van der Waals surface area contributed by atoms with E-state index in [0.29, 0.717) is 27.4 Å². The molecule has 0 bridgehead atoms. The van der Waals surface area contributed by atoms with Crippen molar-refractivity contribution in [3.05, 3.63) is 122 Å². The molecular weight excluding hydrogens is 468 g/mol. The van der Waals surface area contributed by atoms with E-state index < -0.39 is 16.8 Å². The topological polar surface area (TPSA) is 89.8 Å². The second-order valence-electron chi connectivity index (χ2n) is 8.25. The Morgan fingerprint density at radius 3 is 2.46 bits per heavy atom. The number of halogens is 1. The van der Waals surface area contributed by atoms with Gasteiger partial charge in [-0.2, -0.15) is 0 Å². The second-order valence-corrected chi connectivity index (χ2v) is 8.65. The van der Waals surface area contributed by atoms with E-state index in [9.17, 15) is 19.7 Å². The third kappa shape index (κ3) is 5.41. The molecule has 3 aromatic carbocycles. The molecule has 0 fully saturated rings. The van der Waals surface area contributed by atoms with Crippen LogP contribution in [0.15, 0.2) is 90.1 Å². The van der Waals surface area contributed by atoms with Crippen LogP contribution in [0.3, 0.4) is 0 Å². The highest BCUT2D eigenvalue weighted by atomic mass is 35.5. The van der Waals surface area contributed by atoms with Crippen LogP contribution >= 0.6 is 11.6 Å². The van der Waals surface area contributed by atoms with Crippen molar-refractivity contribution in [1.29, 1.82) is 0 Å². The van der Waals surface area contributed by atoms with Gasteiger partial charge in [0, 0.05) is 35.2 Å². The Hall–Kier alpha value is -3.97. The van der Waals surface area contributed by atoms with Crippen LogP contribution in [0.25, 0.3) is 0 Å². The summed E-state index contributed by atoms with van der Waals surface area (Å²) in [5, 5.41) is 11.6. The smallest absolute Gasteiger partial charge is 0.336 e. The number of amides is 1. The molecule has 0 saturated heterocycles. The summed E-state index contributed by atoms with van der Waals surface area (Å²) in [6.45, 7) is 1.87. The van der Waals surface area contributed by atoms with Crippen molar-refractivity contribution in [2.45, 2.75) is 32.4 Å². The molecule has 0 aromatic heterocycles. The zero-order valence-electron chi connectivity index (χ0n) is 19.0. The quantitative estimate of drug-likeness (QED) is 0.238. The van der Waals surface area contributed by atoms with Crippen LogP contribution in [-0.2, 0) is 27.5 Å². The summed E-state index contributed by atoms with van der Waals surface area (Å²) in [4.78, 5) is 38.8. The van der Waals surface area contributed by atoms with Crippen LogP contribution in [0.1, 0.15) is 36.0 Å². The zero-order chi connectivity index (χ0) is 24.9. The largest absolute Gasteiger partial charge is 0.457 e. The first-order valence-corrected chi connectivity index (χ1v) is 11.4. The van der Waals surface area contributed by atoms with Crippen molar-refractivity contribution in [1.82, 2.24) is 4.90 Å². The Bertz CT molecular complexity index is 1310. The highest BCUT2D eigenvalue weighted by Crippen LogP contribution is 2.40. The van der Waals surface area contributed by atoms with Crippen molar-refractivity contribution in [2.24, 2.45) is 0 Å². The fourth-order valence-electron chi connectivity index (χ4n) is 4.24. The number of nitro groups is 1. The minimum absolute atomic E-state index is 0.0196. The number of non-ortho nitro benzene ring substituents is 1. The number of carbonyl (C=O) groups excluding carboxylic acids is 2. The predicted octanol–water partition coefficient (Wildman–Crippen LogP) is 5.78. The molecule has 1 heterocycles. The van der Waals surface area contributed by atoms with Gasteiger partial charge in [-0.1, -0.05) is 72.3 Å². The summed E-state index contributed by atoms with van der Waals surface area (Å²) in [7, 11) is 0. The van der Waals surface area contributed by atoms with Gasteiger partial charge in [0.15, 0.2) is 0 Å². The molecule has 0 spiro atoms. The number of nitrogens with zero attached hydrogens (tertiary/aromatic N) is 2. The summed E-state index contributed by atoms with van der Waals surface area (Å²) in [5.41, 5.74) is 2.82. The van der Waals surface area contributed by atoms with E-state index in [4.69, 9.17) is 16.3 Å². The van der Waals surface area contributed by atoms with Gasteiger partial charge in [-0.05, 0) is 29.7 Å². The number of esters is 1. The molecule has 0 aliphatic carbocycles. The van der Waals surface area contributed by atoms with E-state index in [1.165, 1.54) is 17.0 Å². The number of ether oxygens (including phenoxy) is 1. The van der Waals surface area contributed by atoms with Crippen molar-refractivity contribution < 1.29 is 19.2 Å². The number of hydrogen-bond donors (Lipinski definition) is 0. The lowest BCUT2D eigenvalue weighted by atomic mass is 9.83. The molecule has 1 unspecified atom stereocenters. The van der Waals surface area contributed by atoms with Crippen LogP contribution in [0.2, 0.25) is 5.02 Å². The molecule has 3 aromatic rings. The predicted molar refractivity (Wildman–Crippen MR) is 131 cm³/mol. The van der Waals surface area contributed by atoms with E-state index in [1.54, 1.807) is 37.3 Å². The Morgan fingerprint density at radius 2 is 1.74 bits per heavy atom. The minimum atomic E-state index is -0.569. The molecule has 8 heteroatoms. The first-order valence-electron chi connectivity index (χ1n) is 11.0. The fraction of sp³-hybridized carbons (Fsp3) is 0.185. The van der Waals surface area contributed by atoms with Gasteiger partial charge in [-0.15, -0.1) is 0 Å². The molecule has 7 nitrogen and oxygen atoms in total. The fourth-order valence-corrected chi connectivity index (χ4v) is 4.51. The highest BCUT2D eigenvalue weighted by Gasteiger charge is 2.37. The lowest BCUT2D eigenvalue weighted by molar-refractivity contribution is -0.384. The average molecular weight is 491 g/mol. The first-order chi connectivity index (χ1) is 16.8. The van der Waals surface area contributed by atoms with E-state index >= 15 is 0 Å². The number of rotatable bonds is 7. The number of carbonyl (C=O) groups is 2. The van der Waals surface area contributed by atoms with Crippen molar-refractivity contribution in [2.75, 3.05) is 0 Å². The average Bonchev–Trinajstić information content (AvgIpc) is 2.86. The minimum Gasteiger partial charge on any atom is -0.457 e. The summed E-state index contributed by atoms with van der Waals surface area (Å²) < 4.78 is 5.65.